The highest BCUT2D eigenvalue weighted by Crippen LogP contribution is 2.41. The number of ether oxygens (including phenoxy) is 2. The van der Waals surface area contributed by atoms with E-state index in [9.17, 15) is 13.6 Å². The minimum absolute atomic E-state index is 0.230. The summed E-state index contributed by atoms with van der Waals surface area (Å²) in [6.07, 6.45) is 3.18. The average Bonchev–Trinajstić information content (AvgIpc) is 3.57. The van der Waals surface area contributed by atoms with Gasteiger partial charge in [-0.1, -0.05) is 12.6 Å². The van der Waals surface area contributed by atoms with E-state index in [1.165, 1.54) is 42.7 Å². The van der Waals surface area contributed by atoms with Gasteiger partial charge in [-0.15, -0.1) is 0 Å². The zero-order valence-corrected chi connectivity index (χ0v) is 27.0. The standard InChI is InChI=1S/C35H37F2N7O4/c1-5-35(45)41-28-17-29(32(46-4)18-31(28)43-11-10-42(3)22(2)20-43)40-33-19-34(39-21-38-33)44-30(9-12-47-44)23-13-25(37)16-27(14-23)48-26-8-6-7-24(36)15-26/h5-8,13-19,21-22,30H,1,9-12,20H2,2-4H3,(H,41,45)(H,38,39,40)/t22-,30-/m1/s1. The maximum absolute atomic E-state index is 14.8. The Kier molecular flexibility index (Phi) is 9.69. The number of amides is 1. The molecule has 2 aliphatic heterocycles. The Morgan fingerprint density at radius 3 is 2.65 bits per heavy atom. The fraction of sp³-hybridized carbons (Fsp3) is 0.286. The van der Waals surface area contributed by atoms with E-state index in [0.717, 1.165) is 25.3 Å². The number of carbonyl (C=O) groups excluding carboxylic acids is 1. The number of piperazine rings is 1. The summed E-state index contributed by atoms with van der Waals surface area (Å²) in [5, 5.41) is 7.85. The quantitative estimate of drug-likeness (QED) is 0.185. The van der Waals surface area contributed by atoms with Gasteiger partial charge in [-0.25, -0.2) is 23.8 Å². The number of likely N-dealkylation sites (N-methyl/N-ethyl adjacent to an activating group) is 1. The number of hydrogen-bond donors (Lipinski definition) is 2. The molecule has 0 bridgehead atoms. The number of anilines is 5. The first kappa shape index (κ1) is 32.7. The van der Waals surface area contributed by atoms with Gasteiger partial charge in [0.05, 0.1) is 36.8 Å². The first-order chi connectivity index (χ1) is 23.2. The van der Waals surface area contributed by atoms with Crippen molar-refractivity contribution in [3.63, 3.8) is 0 Å². The van der Waals surface area contributed by atoms with Crippen LogP contribution in [-0.4, -0.2) is 67.2 Å². The third-order valence-electron chi connectivity index (χ3n) is 8.42. The maximum atomic E-state index is 14.8. The van der Waals surface area contributed by atoms with Crippen molar-refractivity contribution >= 4 is 34.6 Å². The van der Waals surface area contributed by atoms with Crippen LogP contribution in [0.1, 0.15) is 24.9 Å². The van der Waals surface area contributed by atoms with Crippen molar-refractivity contribution in [2.24, 2.45) is 0 Å². The van der Waals surface area contributed by atoms with Crippen LogP contribution in [0.4, 0.5) is 37.5 Å². The van der Waals surface area contributed by atoms with Gasteiger partial charge in [0.15, 0.2) is 5.82 Å². The molecule has 2 atom stereocenters. The minimum atomic E-state index is -0.503. The number of benzene rings is 3. The monoisotopic (exact) mass is 657 g/mol. The van der Waals surface area contributed by atoms with Gasteiger partial charge in [-0.2, -0.15) is 0 Å². The number of rotatable bonds is 10. The lowest BCUT2D eigenvalue weighted by molar-refractivity contribution is -0.111. The van der Waals surface area contributed by atoms with Gasteiger partial charge in [-0.05, 0) is 55.9 Å². The molecule has 11 nitrogen and oxygen atoms in total. The Balaban J connectivity index is 1.27. The number of hydrogen-bond acceptors (Lipinski definition) is 10. The number of halogens is 2. The van der Waals surface area contributed by atoms with Crippen molar-refractivity contribution < 1.29 is 27.9 Å². The van der Waals surface area contributed by atoms with Gasteiger partial charge in [0.25, 0.3) is 0 Å². The summed E-state index contributed by atoms with van der Waals surface area (Å²) in [7, 11) is 3.68. The van der Waals surface area contributed by atoms with Crippen LogP contribution in [0, 0.1) is 11.6 Å². The summed E-state index contributed by atoms with van der Waals surface area (Å²) in [5.74, 6) is 0.616. The minimum Gasteiger partial charge on any atom is -0.494 e. The number of methoxy groups -OCH3 is 1. The number of nitrogens with zero attached hydrogens (tertiary/aromatic N) is 5. The van der Waals surface area contributed by atoms with E-state index in [4.69, 9.17) is 14.3 Å². The van der Waals surface area contributed by atoms with Gasteiger partial charge in [0, 0.05) is 56.4 Å². The van der Waals surface area contributed by atoms with Crippen LogP contribution in [0.25, 0.3) is 0 Å². The Labute approximate surface area is 277 Å². The molecule has 0 radical (unpaired) electrons. The zero-order valence-electron chi connectivity index (χ0n) is 27.0. The molecule has 0 spiro atoms. The van der Waals surface area contributed by atoms with E-state index in [2.05, 4.69) is 51.0 Å². The Bertz CT molecular complexity index is 1810. The SMILES string of the molecule is C=CC(=O)Nc1cc(Nc2cc(N3OCC[C@@H]3c3cc(F)cc(Oc4cccc(F)c4)c3)ncn2)c(OC)cc1N1CCN(C)[C@H](C)C1. The summed E-state index contributed by atoms with van der Waals surface area (Å²) >= 11 is 0. The molecule has 2 saturated heterocycles. The summed E-state index contributed by atoms with van der Waals surface area (Å²) in [4.78, 5) is 31.8. The number of hydroxylamine groups is 1. The highest BCUT2D eigenvalue weighted by molar-refractivity contribution is 6.02. The molecule has 3 heterocycles. The summed E-state index contributed by atoms with van der Waals surface area (Å²) in [6.45, 7) is 8.58. The highest BCUT2D eigenvalue weighted by atomic mass is 19.1. The number of aromatic nitrogens is 2. The van der Waals surface area contributed by atoms with Gasteiger partial charge < -0.3 is 29.9 Å². The fourth-order valence-electron chi connectivity index (χ4n) is 5.82. The Morgan fingerprint density at radius 1 is 1.04 bits per heavy atom. The van der Waals surface area contributed by atoms with E-state index in [-0.39, 0.29) is 23.4 Å². The molecule has 2 N–H and O–H groups in total. The Hall–Kier alpha value is -5.27. The van der Waals surface area contributed by atoms with E-state index in [1.54, 1.807) is 30.4 Å². The van der Waals surface area contributed by atoms with Crippen molar-refractivity contribution in [2.75, 3.05) is 61.0 Å². The lowest BCUT2D eigenvalue weighted by Gasteiger charge is -2.40. The second-order valence-electron chi connectivity index (χ2n) is 11.7. The van der Waals surface area contributed by atoms with E-state index >= 15 is 0 Å². The number of nitrogens with one attached hydrogen (secondary N) is 2. The van der Waals surface area contributed by atoms with Crippen molar-refractivity contribution in [3.05, 3.63) is 96.8 Å². The summed E-state index contributed by atoms with van der Waals surface area (Å²) in [6, 6.07) is 15.4. The van der Waals surface area contributed by atoms with Gasteiger partial charge in [-0.3, -0.25) is 9.63 Å². The van der Waals surface area contributed by atoms with Crippen LogP contribution >= 0.6 is 0 Å². The molecule has 0 aliphatic carbocycles. The zero-order chi connectivity index (χ0) is 33.8. The van der Waals surface area contributed by atoms with Crippen LogP contribution in [0.2, 0.25) is 0 Å². The van der Waals surface area contributed by atoms with Crippen LogP contribution in [0.3, 0.4) is 0 Å². The fourth-order valence-corrected chi connectivity index (χ4v) is 5.82. The molecule has 4 aromatic rings. The Morgan fingerprint density at radius 2 is 1.88 bits per heavy atom. The molecule has 3 aromatic carbocycles. The van der Waals surface area contributed by atoms with Gasteiger partial charge in [0.2, 0.25) is 5.91 Å². The molecule has 250 valence electrons. The molecule has 48 heavy (non-hydrogen) atoms. The highest BCUT2D eigenvalue weighted by Gasteiger charge is 2.30. The van der Waals surface area contributed by atoms with E-state index in [0.29, 0.717) is 53.4 Å². The molecule has 13 heteroatoms. The third kappa shape index (κ3) is 7.32. The topological polar surface area (TPSA) is 104 Å². The second kappa shape index (κ2) is 14.2. The first-order valence-corrected chi connectivity index (χ1v) is 15.6. The molecule has 0 unspecified atom stereocenters. The van der Waals surface area contributed by atoms with Crippen molar-refractivity contribution in [1.29, 1.82) is 0 Å². The first-order valence-electron chi connectivity index (χ1n) is 15.6. The predicted octanol–water partition coefficient (Wildman–Crippen LogP) is 6.45. The summed E-state index contributed by atoms with van der Waals surface area (Å²) < 4.78 is 40.0. The molecule has 0 saturated carbocycles. The lowest BCUT2D eigenvalue weighted by Crippen LogP contribution is -2.50. The van der Waals surface area contributed by atoms with Crippen LogP contribution in [0.5, 0.6) is 17.2 Å². The third-order valence-corrected chi connectivity index (χ3v) is 8.42. The lowest BCUT2D eigenvalue weighted by atomic mass is 10.0. The maximum Gasteiger partial charge on any atom is 0.247 e. The van der Waals surface area contributed by atoms with Crippen LogP contribution in [0.15, 0.2) is 79.6 Å². The smallest absolute Gasteiger partial charge is 0.247 e. The van der Waals surface area contributed by atoms with E-state index < -0.39 is 11.6 Å². The van der Waals surface area contributed by atoms with E-state index in [1.807, 2.05) is 12.1 Å². The van der Waals surface area contributed by atoms with Crippen LogP contribution < -0.4 is 30.1 Å². The van der Waals surface area contributed by atoms with Gasteiger partial charge >= 0.3 is 0 Å². The van der Waals surface area contributed by atoms with Crippen molar-refractivity contribution in [2.45, 2.75) is 25.4 Å². The predicted molar refractivity (Wildman–Crippen MR) is 180 cm³/mol. The molecule has 2 aliphatic rings. The average molecular weight is 658 g/mol. The van der Waals surface area contributed by atoms with Crippen molar-refractivity contribution in [3.8, 4) is 17.2 Å². The molecular weight excluding hydrogens is 620 g/mol. The van der Waals surface area contributed by atoms with Crippen molar-refractivity contribution in [1.82, 2.24) is 14.9 Å². The van der Waals surface area contributed by atoms with Gasteiger partial charge in [0.1, 0.15) is 41.0 Å². The largest absolute Gasteiger partial charge is 0.494 e. The molecular formula is C35H37F2N7O4. The van der Waals surface area contributed by atoms with Crippen LogP contribution in [-0.2, 0) is 9.63 Å². The second-order valence-corrected chi connectivity index (χ2v) is 11.7. The number of carbonyl (C=O) groups is 1. The molecule has 2 fully saturated rings. The molecule has 1 aromatic heterocycles. The summed E-state index contributed by atoms with van der Waals surface area (Å²) in [5.41, 5.74) is 2.60. The molecule has 1 amide bonds. The molecule has 6 rings (SSSR count). The normalized spacial score (nSPS) is 18.0.